The molecule has 1 aliphatic heterocycles. The molecule has 18 heavy (non-hydrogen) atoms. The molecule has 4 nitrogen and oxygen atoms in total. The van der Waals surface area contributed by atoms with Crippen LogP contribution in [0.15, 0.2) is 6.20 Å². The molecule has 4 heteroatoms. The van der Waals surface area contributed by atoms with E-state index >= 15 is 0 Å². The van der Waals surface area contributed by atoms with Crippen molar-refractivity contribution in [3.63, 3.8) is 0 Å². The maximum absolute atomic E-state index is 4.54. The number of likely N-dealkylation sites (tertiary alicyclic amines) is 1. The number of anilines is 1. The molecule has 0 spiro atoms. The van der Waals surface area contributed by atoms with Gasteiger partial charge in [-0.2, -0.15) is 0 Å². The Morgan fingerprint density at radius 3 is 2.61 bits per heavy atom. The molecule has 1 fully saturated rings. The monoisotopic (exact) mass is 250 g/mol. The lowest BCUT2D eigenvalue weighted by atomic mass is 9.97. The maximum atomic E-state index is 4.54. The fourth-order valence-corrected chi connectivity index (χ4v) is 2.67. The summed E-state index contributed by atoms with van der Waals surface area (Å²) in [6, 6.07) is 0. The van der Waals surface area contributed by atoms with Crippen molar-refractivity contribution < 1.29 is 0 Å². The zero-order chi connectivity index (χ0) is 13.0. The normalized spacial score (nSPS) is 18.2. The minimum absolute atomic E-state index is 0.801. The molecular weight excluding hydrogens is 224 g/mol. The fraction of sp³-hybridized carbons (Fsp3) is 0.786. The van der Waals surface area contributed by atoms with Crippen LogP contribution in [0, 0.1) is 12.8 Å². The van der Waals surface area contributed by atoms with Crippen LogP contribution >= 0.6 is 0 Å². The van der Waals surface area contributed by atoms with Crippen LogP contribution in [0.25, 0.3) is 0 Å². The molecule has 0 saturated carbocycles. The lowest BCUT2D eigenvalue weighted by molar-refractivity contribution is 0.198. The highest BCUT2D eigenvalue weighted by atomic mass is 15.2. The average molecular weight is 250 g/mol. The Labute approximate surface area is 110 Å². The van der Waals surface area contributed by atoms with E-state index in [1.54, 1.807) is 0 Å². The Kier molecular flexibility index (Phi) is 4.64. The number of rotatable bonds is 5. The number of imidazole rings is 1. The van der Waals surface area contributed by atoms with Crippen LogP contribution in [0.2, 0.25) is 0 Å². The van der Waals surface area contributed by atoms with E-state index in [2.05, 4.69) is 46.7 Å². The van der Waals surface area contributed by atoms with Gasteiger partial charge in [-0.05, 0) is 52.2 Å². The summed E-state index contributed by atoms with van der Waals surface area (Å²) in [5.74, 6) is 1.84. The van der Waals surface area contributed by atoms with Crippen molar-refractivity contribution in [1.29, 1.82) is 0 Å². The topological polar surface area (TPSA) is 33.1 Å². The van der Waals surface area contributed by atoms with Gasteiger partial charge in [-0.1, -0.05) is 6.92 Å². The van der Waals surface area contributed by atoms with E-state index in [1.165, 1.54) is 32.5 Å². The van der Waals surface area contributed by atoms with Gasteiger partial charge in [0, 0.05) is 19.3 Å². The first kappa shape index (κ1) is 13.4. The predicted molar refractivity (Wildman–Crippen MR) is 76.0 cm³/mol. The number of nitrogens with zero attached hydrogens (tertiary/aromatic N) is 3. The van der Waals surface area contributed by atoms with E-state index in [-0.39, 0.29) is 0 Å². The number of aryl methyl sites for hydroxylation is 2. The van der Waals surface area contributed by atoms with Gasteiger partial charge in [0.25, 0.3) is 0 Å². The summed E-state index contributed by atoms with van der Waals surface area (Å²) in [4.78, 5) is 7.07. The largest absolute Gasteiger partial charge is 0.355 e. The molecule has 1 aliphatic rings. The van der Waals surface area contributed by atoms with Crippen molar-refractivity contribution in [3.8, 4) is 0 Å². The van der Waals surface area contributed by atoms with Crippen LogP contribution in [-0.4, -0.2) is 40.6 Å². The van der Waals surface area contributed by atoms with E-state index in [1.807, 2.05) is 0 Å². The Morgan fingerprint density at radius 1 is 1.28 bits per heavy atom. The van der Waals surface area contributed by atoms with E-state index in [9.17, 15) is 0 Å². The molecule has 0 aliphatic carbocycles. The SMILES string of the molecule is CCN1CCC(CNc2nc(C)cn2CC)CC1. The van der Waals surface area contributed by atoms with Crippen LogP contribution in [0.5, 0.6) is 0 Å². The van der Waals surface area contributed by atoms with Crippen molar-refractivity contribution in [2.45, 2.75) is 40.2 Å². The summed E-state index contributed by atoms with van der Waals surface area (Å²) in [5.41, 5.74) is 1.10. The van der Waals surface area contributed by atoms with Crippen LogP contribution in [0.3, 0.4) is 0 Å². The maximum Gasteiger partial charge on any atom is 0.203 e. The molecule has 1 aromatic rings. The quantitative estimate of drug-likeness (QED) is 0.871. The molecule has 102 valence electrons. The Morgan fingerprint density at radius 2 is 2.00 bits per heavy atom. The summed E-state index contributed by atoms with van der Waals surface area (Å²) in [6.45, 7) is 12.2. The van der Waals surface area contributed by atoms with Crippen molar-refractivity contribution in [2.24, 2.45) is 5.92 Å². The summed E-state index contributed by atoms with van der Waals surface area (Å²) >= 11 is 0. The van der Waals surface area contributed by atoms with Gasteiger partial charge >= 0.3 is 0 Å². The molecule has 0 amide bonds. The summed E-state index contributed by atoms with van der Waals surface area (Å²) in [6.07, 6.45) is 4.74. The van der Waals surface area contributed by atoms with Gasteiger partial charge in [-0.15, -0.1) is 0 Å². The molecule has 2 heterocycles. The summed E-state index contributed by atoms with van der Waals surface area (Å²) in [7, 11) is 0. The fourth-order valence-electron chi connectivity index (χ4n) is 2.67. The van der Waals surface area contributed by atoms with Crippen molar-refractivity contribution >= 4 is 5.95 Å². The molecule has 0 bridgehead atoms. The molecule has 0 aromatic carbocycles. The summed E-state index contributed by atoms with van der Waals surface area (Å²) < 4.78 is 2.19. The number of hydrogen-bond acceptors (Lipinski definition) is 3. The third-order valence-corrected chi connectivity index (χ3v) is 3.94. The second-order valence-electron chi connectivity index (χ2n) is 5.25. The van der Waals surface area contributed by atoms with E-state index < -0.39 is 0 Å². The third kappa shape index (κ3) is 3.25. The molecule has 0 atom stereocenters. The number of piperidine rings is 1. The van der Waals surface area contributed by atoms with Gasteiger partial charge in [0.15, 0.2) is 0 Å². The van der Waals surface area contributed by atoms with Gasteiger partial charge in [0.1, 0.15) is 0 Å². The van der Waals surface area contributed by atoms with Crippen molar-refractivity contribution in [1.82, 2.24) is 14.5 Å². The molecular formula is C14H26N4. The minimum atomic E-state index is 0.801. The number of hydrogen-bond donors (Lipinski definition) is 1. The van der Waals surface area contributed by atoms with Crippen LogP contribution in [-0.2, 0) is 6.54 Å². The second kappa shape index (κ2) is 6.23. The second-order valence-corrected chi connectivity index (χ2v) is 5.25. The predicted octanol–water partition coefficient (Wildman–Crippen LogP) is 2.36. The number of nitrogens with one attached hydrogen (secondary N) is 1. The first-order chi connectivity index (χ1) is 8.72. The average Bonchev–Trinajstić information content (AvgIpc) is 2.77. The molecule has 0 unspecified atom stereocenters. The van der Waals surface area contributed by atoms with Crippen LogP contribution < -0.4 is 5.32 Å². The molecule has 1 N–H and O–H groups in total. The lowest BCUT2D eigenvalue weighted by Crippen LogP contribution is -2.35. The number of aromatic nitrogens is 2. The van der Waals surface area contributed by atoms with Gasteiger partial charge in [-0.25, -0.2) is 4.98 Å². The molecule has 1 saturated heterocycles. The smallest absolute Gasteiger partial charge is 0.203 e. The zero-order valence-corrected chi connectivity index (χ0v) is 11.9. The van der Waals surface area contributed by atoms with E-state index in [0.29, 0.717) is 0 Å². The Bertz CT molecular complexity index is 364. The standard InChI is InChI=1S/C14H26N4/c1-4-17-8-6-13(7-9-17)10-15-14-16-12(3)11-18(14)5-2/h11,13H,4-10H2,1-3H3,(H,15,16). The molecule has 0 radical (unpaired) electrons. The molecule has 1 aromatic heterocycles. The van der Waals surface area contributed by atoms with Crippen LogP contribution in [0.4, 0.5) is 5.95 Å². The van der Waals surface area contributed by atoms with Gasteiger partial charge in [0.2, 0.25) is 5.95 Å². The third-order valence-electron chi connectivity index (χ3n) is 3.94. The van der Waals surface area contributed by atoms with E-state index in [4.69, 9.17) is 0 Å². The summed E-state index contributed by atoms with van der Waals surface area (Å²) in [5, 5.41) is 3.52. The highest BCUT2D eigenvalue weighted by Crippen LogP contribution is 2.18. The zero-order valence-electron chi connectivity index (χ0n) is 11.9. The first-order valence-corrected chi connectivity index (χ1v) is 7.23. The lowest BCUT2D eigenvalue weighted by Gasteiger charge is -2.31. The minimum Gasteiger partial charge on any atom is -0.355 e. The van der Waals surface area contributed by atoms with Crippen LogP contribution in [0.1, 0.15) is 32.4 Å². The Balaban J connectivity index is 1.81. The van der Waals surface area contributed by atoms with Crippen molar-refractivity contribution in [2.75, 3.05) is 31.5 Å². The highest BCUT2D eigenvalue weighted by molar-refractivity contribution is 5.28. The highest BCUT2D eigenvalue weighted by Gasteiger charge is 2.18. The van der Waals surface area contributed by atoms with Gasteiger partial charge in [0.05, 0.1) is 5.69 Å². The van der Waals surface area contributed by atoms with E-state index in [0.717, 1.165) is 30.6 Å². The van der Waals surface area contributed by atoms with Gasteiger partial charge in [-0.3, -0.25) is 0 Å². The van der Waals surface area contributed by atoms with Crippen molar-refractivity contribution in [3.05, 3.63) is 11.9 Å². The Hall–Kier alpha value is -1.03. The first-order valence-electron chi connectivity index (χ1n) is 7.23. The van der Waals surface area contributed by atoms with Gasteiger partial charge < -0.3 is 14.8 Å². The molecule has 2 rings (SSSR count).